The van der Waals surface area contributed by atoms with Crippen LogP contribution >= 0.6 is 0 Å². The van der Waals surface area contributed by atoms with E-state index in [9.17, 15) is 4.79 Å². The van der Waals surface area contributed by atoms with Gasteiger partial charge >= 0.3 is 0 Å². The Hall–Kier alpha value is -2.35. The Bertz CT molecular complexity index is 646. The van der Waals surface area contributed by atoms with Gasteiger partial charge < -0.3 is 4.90 Å². The molecule has 0 radical (unpaired) electrons. The van der Waals surface area contributed by atoms with Crippen molar-refractivity contribution in [2.75, 3.05) is 6.54 Å². The van der Waals surface area contributed by atoms with Crippen LogP contribution in [0.4, 0.5) is 0 Å². The molecule has 1 aliphatic rings. The molecule has 1 fully saturated rings. The summed E-state index contributed by atoms with van der Waals surface area (Å²) in [7, 11) is 0. The highest BCUT2D eigenvalue weighted by molar-refractivity contribution is 5.98. The van der Waals surface area contributed by atoms with Crippen LogP contribution in [0.15, 0.2) is 66.4 Å². The van der Waals surface area contributed by atoms with Crippen LogP contribution in [-0.2, 0) is 4.79 Å². The van der Waals surface area contributed by atoms with Crippen LogP contribution in [-0.4, -0.2) is 17.4 Å². The first-order chi connectivity index (χ1) is 10.3. The third-order valence-electron chi connectivity index (χ3n) is 3.81. The van der Waals surface area contributed by atoms with E-state index in [0.717, 1.165) is 29.8 Å². The smallest absolute Gasteiger partial charge is 0.240 e. The summed E-state index contributed by atoms with van der Waals surface area (Å²) < 4.78 is 0. The number of hydrogen-bond donors (Lipinski definition) is 0. The maximum absolute atomic E-state index is 12.4. The van der Waals surface area contributed by atoms with E-state index in [-0.39, 0.29) is 11.8 Å². The van der Waals surface area contributed by atoms with Crippen molar-refractivity contribution in [3.63, 3.8) is 0 Å². The van der Waals surface area contributed by atoms with Gasteiger partial charge in [0.05, 0.1) is 0 Å². The largest absolute Gasteiger partial charge is 0.314 e. The van der Waals surface area contributed by atoms with Gasteiger partial charge in [0.15, 0.2) is 0 Å². The molecule has 0 aromatic heterocycles. The van der Waals surface area contributed by atoms with Gasteiger partial charge in [-0.05, 0) is 23.6 Å². The third kappa shape index (κ3) is 2.62. The van der Waals surface area contributed by atoms with Crippen molar-refractivity contribution in [2.24, 2.45) is 0 Å². The number of nitrogens with zero attached hydrogens (tertiary/aromatic N) is 1. The number of β-lactam (4-membered cyclic amide) rings is 1. The molecule has 2 heteroatoms. The predicted octanol–water partition coefficient (Wildman–Crippen LogP) is 4.06. The van der Waals surface area contributed by atoms with Gasteiger partial charge in [0.1, 0.15) is 5.92 Å². The SMILES string of the molecule is CCCN1C(=O)C(c2ccccc2)/C1=C\c1ccccc1. The van der Waals surface area contributed by atoms with E-state index in [1.807, 2.05) is 53.4 Å². The van der Waals surface area contributed by atoms with Crippen molar-refractivity contribution in [3.05, 3.63) is 77.5 Å². The topological polar surface area (TPSA) is 20.3 Å². The standard InChI is InChI=1S/C19H19NO/c1-2-13-20-17(14-15-9-5-3-6-10-15)18(19(20)21)16-11-7-4-8-12-16/h3-12,14,18H,2,13H2,1H3/b17-14+. The zero-order valence-electron chi connectivity index (χ0n) is 12.2. The second-order valence-corrected chi connectivity index (χ2v) is 5.31. The number of carbonyl (C=O) groups is 1. The second-order valence-electron chi connectivity index (χ2n) is 5.31. The molecular weight excluding hydrogens is 258 g/mol. The number of rotatable bonds is 4. The highest BCUT2D eigenvalue weighted by Crippen LogP contribution is 2.40. The van der Waals surface area contributed by atoms with Crippen LogP contribution < -0.4 is 0 Å². The maximum atomic E-state index is 12.4. The molecule has 2 aromatic carbocycles. The molecule has 2 nitrogen and oxygen atoms in total. The van der Waals surface area contributed by atoms with Gasteiger partial charge in [-0.2, -0.15) is 0 Å². The van der Waals surface area contributed by atoms with E-state index in [4.69, 9.17) is 0 Å². The number of hydrogen-bond acceptors (Lipinski definition) is 1. The van der Waals surface area contributed by atoms with Crippen molar-refractivity contribution in [2.45, 2.75) is 19.3 Å². The Morgan fingerprint density at radius 2 is 1.62 bits per heavy atom. The normalized spacial score (nSPS) is 19.7. The van der Waals surface area contributed by atoms with E-state index in [1.165, 1.54) is 0 Å². The van der Waals surface area contributed by atoms with Crippen molar-refractivity contribution in [3.8, 4) is 0 Å². The highest BCUT2D eigenvalue weighted by Gasteiger charge is 2.42. The summed E-state index contributed by atoms with van der Waals surface area (Å²) in [4.78, 5) is 14.3. The molecule has 1 amide bonds. The van der Waals surface area contributed by atoms with Crippen LogP contribution in [0.1, 0.15) is 30.4 Å². The van der Waals surface area contributed by atoms with Crippen LogP contribution in [0, 0.1) is 0 Å². The van der Waals surface area contributed by atoms with Gasteiger partial charge in [-0.25, -0.2) is 0 Å². The fraction of sp³-hybridized carbons (Fsp3) is 0.211. The lowest BCUT2D eigenvalue weighted by molar-refractivity contribution is -0.137. The van der Waals surface area contributed by atoms with Crippen molar-refractivity contribution in [1.29, 1.82) is 0 Å². The first-order valence-corrected chi connectivity index (χ1v) is 7.44. The van der Waals surface area contributed by atoms with E-state index in [2.05, 4.69) is 25.1 Å². The predicted molar refractivity (Wildman–Crippen MR) is 85.6 cm³/mol. The molecule has 0 aliphatic carbocycles. The van der Waals surface area contributed by atoms with E-state index in [1.54, 1.807) is 0 Å². The lowest BCUT2D eigenvalue weighted by Crippen LogP contribution is -2.48. The average molecular weight is 277 g/mol. The van der Waals surface area contributed by atoms with Gasteiger partial charge in [0, 0.05) is 12.2 Å². The Kier molecular flexibility index (Phi) is 3.87. The van der Waals surface area contributed by atoms with Gasteiger partial charge in [-0.3, -0.25) is 4.79 Å². The van der Waals surface area contributed by atoms with Gasteiger partial charge in [0.2, 0.25) is 5.91 Å². The lowest BCUT2D eigenvalue weighted by Gasteiger charge is -2.42. The van der Waals surface area contributed by atoms with E-state index in [0.29, 0.717) is 0 Å². The summed E-state index contributed by atoms with van der Waals surface area (Å²) in [6.45, 7) is 2.89. The lowest BCUT2D eigenvalue weighted by atomic mass is 9.85. The molecule has 1 unspecified atom stereocenters. The molecule has 0 spiro atoms. The summed E-state index contributed by atoms with van der Waals surface area (Å²) >= 11 is 0. The Morgan fingerprint density at radius 1 is 1.00 bits per heavy atom. The zero-order chi connectivity index (χ0) is 14.7. The number of likely N-dealkylation sites (tertiary alicyclic amines) is 1. The number of amides is 1. The molecule has 106 valence electrons. The van der Waals surface area contributed by atoms with Crippen LogP contribution in [0.3, 0.4) is 0 Å². The Labute approximate surface area is 125 Å². The first-order valence-electron chi connectivity index (χ1n) is 7.44. The minimum absolute atomic E-state index is 0.113. The highest BCUT2D eigenvalue weighted by atomic mass is 16.2. The van der Waals surface area contributed by atoms with Crippen molar-refractivity contribution in [1.82, 2.24) is 4.90 Å². The minimum Gasteiger partial charge on any atom is -0.314 e. The molecule has 0 saturated carbocycles. The molecule has 0 N–H and O–H groups in total. The first kappa shape index (κ1) is 13.6. The van der Waals surface area contributed by atoms with Gasteiger partial charge in [-0.1, -0.05) is 67.6 Å². The quantitative estimate of drug-likeness (QED) is 0.772. The van der Waals surface area contributed by atoms with E-state index < -0.39 is 0 Å². The number of carbonyl (C=O) groups excluding carboxylic acids is 1. The monoisotopic (exact) mass is 277 g/mol. The minimum atomic E-state index is -0.113. The molecule has 1 aliphatic heterocycles. The molecule has 1 atom stereocenters. The van der Waals surface area contributed by atoms with Crippen molar-refractivity contribution >= 4 is 12.0 Å². The third-order valence-corrected chi connectivity index (χ3v) is 3.81. The Morgan fingerprint density at radius 3 is 2.24 bits per heavy atom. The van der Waals surface area contributed by atoms with Crippen LogP contribution in [0.2, 0.25) is 0 Å². The van der Waals surface area contributed by atoms with Gasteiger partial charge in [0.25, 0.3) is 0 Å². The van der Waals surface area contributed by atoms with E-state index >= 15 is 0 Å². The molecule has 0 bridgehead atoms. The summed E-state index contributed by atoms with van der Waals surface area (Å²) in [5, 5.41) is 0. The van der Waals surface area contributed by atoms with Gasteiger partial charge in [-0.15, -0.1) is 0 Å². The molecule has 1 saturated heterocycles. The molecule has 3 rings (SSSR count). The summed E-state index contributed by atoms with van der Waals surface area (Å²) in [5.41, 5.74) is 3.33. The molecule has 21 heavy (non-hydrogen) atoms. The zero-order valence-corrected chi connectivity index (χ0v) is 12.2. The summed E-state index contributed by atoms with van der Waals surface area (Å²) in [6, 6.07) is 20.2. The average Bonchev–Trinajstić information content (AvgIpc) is 2.54. The van der Waals surface area contributed by atoms with Crippen molar-refractivity contribution < 1.29 is 4.79 Å². The molecule has 2 aromatic rings. The number of benzene rings is 2. The fourth-order valence-electron chi connectivity index (χ4n) is 2.80. The maximum Gasteiger partial charge on any atom is 0.240 e. The van der Waals surface area contributed by atoms with Crippen LogP contribution in [0.25, 0.3) is 6.08 Å². The summed E-state index contributed by atoms with van der Waals surface area (Å²) in [5.74, 6) is 0.100. The fourth-order valence-corrected chi connectivity index (χ4v) is 2.80. The molecule has 1 heterocycles. The summed E-state index contributed by atoms with van der Waals surface area (Å²) in [6.07, 6.45) is 3.11. The molecular formula is C19H19NO. The second kappa shape index (κ2) is 5.96. The van der Waals surface area contributed by atoms with Crippen LogP contribution in [0.5, 0.6) is 0 Å². The Balaban J connectivity index is 1.96.